The van der Waals surface area contributed by atoms with E-state index in [4.69, 9.17) is 4.42 Å². The average Bonchev–Trinajstić information content (AvgIpc) is 3.75. The fraction of sp³-hybridized carbons (Fsp3) is 0. The van der Waals surface area contributed by atoms with Crippen LogP contribution in [0, 0.1) is 0 Å². The van der Waals surface area contributed by atoms with Crippen molar-refractivity contribution in [3.05, 3.63) is 182 Å². The number of para-hydroxylation sites is 4. The minimum Gasteiger partial charge on any atom is -0.454 e. The third kappa shape index (κ3) is 4.06. The normalized spacial score (nSPS) is 11.9. The second-order valence-corrected chi connectivity index (χ2v) is 13.3. The van der Waals surface area contributed by atoms with Gasteiger partial charge in [0.2, 0.25) is 0 Å². The molecule has 0 atom stereocenters. The van der Waals surface area contributed by atoms with Gasteiger partial charge in [0.15, 0.2) is 5.58 Å². The molecular weight excluding hydrogens is 621 g/mol. The second-order valence-electron chi connectivity index (χ2n) is 13.3. The van der Waals surface area contributed by atoms with Gasteiger partial charge in [0.25, 0.3) is 0 Å². The van der Waals surface area contributed by atoms with Crippen LogP contribution in [0.3, 0.4) is 0 Å². The lowest BCUT2D eigenvalue weighted by molar-refractivity contribution is 0.669. The summed E-state index contributed by atoms with van der Waals surface area (Å²) in [6, 6.07) is 65.5. The highest BCUT2D eigenvalue weighted by Gasteiger charge is 2.26. The maximum absolute atomic E-state index is 6.80. The van der Waals surface area contributed by atoms with Crippen LogP contribution >= 0.6 is 0 Å². The van der Waals surface area contributed by atoms with E-state index in [1.54, 1.807) is 0 Å². The van der Waals surface area contributed by atoms with Gasteiger partial charge in [-0.3, -0.25) is 0 Å². The molecule has 0 spiro atoms. The zero-order valence-corrected chi connectivity index (χ0v) is 27.6. The number of furan rings is 1. The molecule has 0 N–H and O–H groups in total. The highest BCUT2D eigenvalue weighted by molar-refractivity contribution is 6.24. The van der Waals surface area contributed by atoms with Crippen molar-refractivity contribution in [3.8, 4) is 5.69 Å². The van der Waals surface area contributed by atoms with Crippen LogP contribution in [0.4, 0.5) is 17.1 Å². The number of hydrogen-bond acceptors (Lipinski definition) is 2. The SMILES string of the molecule is c1ccc(-n2c3ccccc3c3c(N(c4cc5c6ccccc6ccc5c5ccccc45)c4cccc5c4oc4ccccc45)cccc32)cc1. The van der Waals surface area contributed by atoms with E-state index >= 15 is 0 Å². The van der Waals surface area contributed by atoms with E-state index in [-0.39, 0.29) is 0 Å². The first-order valence-electron chi connectivity index (χ1n) is 17.4. The molecule has 0 aliphatic heterocycles. The zero-order chi connectivity index (χ0) is 33.5. The largest absolute Gasteiger partial charge is 0.454 e. The molecule has 0 saturated heterocycles. The standard InChI is InChI=1S/C48H30N2O/c1-2-15-32(16-3-1)49-41-23-10-8-21-39(41)47-42(49)24-13-25-43(47)50(44-26-12-22-38-37-20-9-11-27-46(37)51-48(38)44)45-30-40-33-17-5-4-14-31(33)28-29-35(40)34-18-6-7-19-36(34)45/h1-30H. The second kappa shape index (κ2) is 10.8. The molecule has 3 nitrogen and oxygen atoms in total. The molecule has 2 aromatic heterocycles. The Morgan fingerprint density at radius 2 is 1.00 bits per heavy atom. The van der Waals surface area contributed by atoms with Gasteiger partial charge in [0, 0.05) is 32.6 Å². The Hall–Kier alpha value is -6.84. The molecule has 0 saturated carbocycles. The summed E-state index contributed by atoms with van der Waals surface area (Å²) in [5, 5.41) is 11.9. The summed E-state index contributed by atoms with van der Waals surface area (Å²) in [5.74, 6) is 0. The fourth-order valence-electron chi connectivity index (χ4n) is 8.37. The van der Waals surface area contributed by atoms with Gasteiger partial charge in [-0.1, -0.05) is 133 Å². The van der Waals surface area contributed by atoms with Gasteiger partial charge in [0.05, 0.1) is 28.1 Å². The molecule has 11 aromatic rings. The Bertz CT molecular complexity index is 3150. The van der Waals surface area contributed by atoms with Crippen molar-refractivity contribution in [2.75, 3.05) is 4.90 Å². The molecule has 9 aromatic carbocycles. The van der Waals surface area contributed by atoms with Crippen LogP contribution in [0.1, 0.15) is 0 Å². The summed E-state index contributed by atoms with van der Waals surface area (Å²) in [6.45, 7) is 0. The van der Waals surface area contributed by atoms with Gasteiger partial charge >= 0.3 is 0 Å². The van der Waals surface area contributed by atoms with E-state index in [1.165, 1.54) is 48.6 Å². The molecule has 0 unspecified atom stereocenters. The molecule has 0 aliphatic carbocycles. The van der Waals surface area contributed by atoms with Crippen LogP contribution in [-0.4, -0.2) is 4.57 Å². The van der Waals surface area contributed by atoms with E-state index in [0.717, 1.165) is 50.2 Å². The predicted molar refractivity (Wildman–Crippen MR) is 215 cm³/mol. The number of anilines is 3. The third-order valence-electron chi connectivity index (χ3n) is 10.5. The summed E-state index contributed by atoms with van der Waals surface area (Å²) in [5.41, 5.74) is 8.40. The first-order chi connectivity index (χ1) is 25.3. The Kier molecular flexibility index (Phi) is 5.96. The maximum Gasteiger partial charge on any atom is 0.159 e. The summed E-state index contributed by atoms with van der Waals surface area (Å²) >= 11 is 0. The van der Waals surface area contributed by atoms with Crippen molar-refractivity contribution in [2.45, 2.75) is 0 Å². The molecule has 238 valence electrons. The summed E-state index contributed by atoms with van der Waals surface area (Å²) in [7, 11) is 0. The minimum absolute atomic E-state index is 0.865. The van der Waals surface area contributed by atoms with Crippen LogP contribution in [0.15, 0.2) is 186 Å². The fourth-order valence-corrected chi connectivity index (χ4v) is 8.37. The average molecular weight is 651 g/mol. The number of hydrogen-bond donors (Lipinski definition) is 0. The molecule has 0 amide bonds. The van der Waals surface area contributed by atoms with Crippen LogP contribution in [0.5, 0.6) is 0 Å². The lowest BCUT2D eigenvalue weighted by atomic mass is 9.95. The van der Waals surface area contributed by atoms with Gasteiger partial charge in [-0.15, -0.1) is 0 Å². The van der Waals surface area contributed by atoms with Crippen LogP contribution in [0.2, 0.25) is 0 Å². The summed E-state index contributed by atoms with van der Waals surface area (Å²) in [6.07, 6.45) is 0. The number of benzene rings is 9. The Morgan fingerprint density at radius 3 is 1.88 bits per heavy atom. The Morgan fingerprint density at radius 1 is 0.373 bits per heavy atom. The Balaban J connectivity index is 1.33. The number of fused-ring (bicyclic) bond motifs is 11. The lowest BCUT2D eigenvalue weighted by Gasteiger charge is -2.28. The third-order valence-corrected chi connectivity index (χ3v) is 10.5. The molecule has 0 fully saturated rings. The first-order valence-corrected chi connectivity index (χ1v) is 17.4. The van der Waals surface area contributed by atoms with Gasteiger partial charge < -0.3 is 13.9 Å². The van der Waals surface area contributed by atoms with Gasteiger partial charge in [-0.2, -0.15) is 0 Å². The van der Waals surface area contributed by atoms with Crippen molar-refractivity contribution in [3.63, 3.8) is 0 Å². The molecular formula is C48H30N2O. The smallest absolute Gasteiger partial charge is 0.159 e. The monoisotopic (exact) mass is 650 g/mol. The van der Waals surface area contributed by atoms with E-state index < -0.39 is 0 Å². The van der Waals surface area contributed by atoms with Crippen LogP contribution < -0.4 is 4.90 Å². The van der Waals surface area contributed by atoms with Crippen LogP contribution in [0.25, 0.3) is 81.7 Å². The lowest BCUT2D eigenvalue weighted by Crippen LogP contribution is -2.11. The highest BCUT2D eigenvalue weighted by Crippen LogP contribution is 2.50. The van der Waals surface area contributed by atoms with Gasteiger partial charge in [-0.05, 0) is 75.5 Å². The molecule has 3 heteroatoms. The zero-order valence-electron chi connectivity index (χ0n) is 27.6. The highest BCUT2D eigenvalue weighted by atomic mass is 16.3. The first kappa shape index (κ1) is 28.0. The Labute approximate surface area is 293 Å². The quantitative estimate of drug-likeness (QED) is 0.177. The molecule has 2 heterocycles. The van der Waals surface area contributed by atoms with Crippen molar-refractivity contribution >= 4 is 93.1 Å². The van der Waals surface area contributed by atoms with E-state index in [9.17, 15) is 0 Å². The topological polar surface area (TPSA) is 21.3 Å². The molecule has 0 radical (unpaired) electrons. The van der Waals surface area contributed by atoms with Crippen molar-refractivity contribution in [1.82, 2.24) is 4.57 Å². The molecule has 51 heavy (non-hydrogen) atoms. The van der Waals surface area contributed by atoms with Crippen LogP contribution in [-0.2, 0) is 0 Å². The molecule has 0 aliphatic rings. The predicted octanol–water partition coefficient (Wildman–Crippen LogP) is 13.6. The molecule has 0 bridgehead atoms. The number of aromatic nitrogens is 1. The van der Waals surface area contributed by atoms with E-state index in [0.29, 0.717) is 0 Å². The van der Waals surface area contributed by atoms with E-state index in [1.807, 2.05) is 6.07 Å². The number of rotatable bonds is 4. The van der Waals surface area contributed by atoms with E-state index in [2.05, 4.69) is 185 Å². The van der Waals surface area contributed by atoms with Gasteiger partial charge in [-0.25, -0.2) is 0 Å². The number of nitrogens with zero attached hydrogens (tertiary/aromatic N) is 2. The van der Waals surface area contributed by atoms with Crippen molar-refractivity contribution < 1.29 is 4.42 Å². The summed E-state index contributed by atoms with van der Waals surface area (Å²) in [4.78, 5) is 2.46. The molecule has 11 rings (SSSR count). The van der Waals surface area contributed by atoms with Gasteiger partial charge in [0.1, 0.15) is 5.58 Å². The maximum atomic E-state index is 6.80. The minimum atomic E-state index is 0.865. The van der Waals surface area contributed by atoms with Crippen molar-refractivity contribution in [2.24, 2.45) is 0 Å². The van der Waals surface area contributed by atoms with Crippen molar-refractivity contribution in [1.29, 1.82) is 0 Å². The summed E-state index contributed by atoms with van der Waals surface area (Å²) < 4.78 is 9.19.